The lowest BCUT2D eigenvalue weighted by Gasteiger charge is -2.23. The summed E-state index contributed by atoms with van der Waals surface area (Å²) in [6, 6.07) is 31.9. The van der Waals surface area contributed by atoms with Crippen molar-refractivity contribution >= 4 is 55.0 Å². The molecule has 0 unspecified atom stereocenters. The number of allylic oxidation sites excluding steroid dienone is 4. The highest BCUT2D eigenvalue weighted by molar-refractivity contribution is 6.15. The SMILES string of the molecule is C#CC1=C(n2c3ccccc3c3ccccc32)C(c2ccc3oc4ccccc4c3c2)=CCC1. The lowest BCUT2D eigenvalue weighted by molar-refractivity contribution is 0.669. The summed E-state index contributed by atoms with van der Waals surface area (Å²) in [6.07, 6.45) is 10.2. The summed E-state index contributed by atoms with van der Waals surface area (Å²) >= 11 is 0. The summed E-state index contributed by atoms with van der Waals surface area (Å²) in [5, 5.41) is 4.74. The van der Waals surface area contributed by atoms with E-state index in [-0.39, 0.29) is 0 Å². The third-order valence-corrected chi connectivity index (χ3v) is 6.95. The van der Waals surface area contributed by atoms with E-state index in [1.807, 2.05) is 12.1 Å². The molecule has 0 bridgehead atoms. The number of furan rings is 1. The number of fused-ring (bicyclic) bond motifs is 6. The molecule has 34 heavy (non-hydrogen) atoms. The Hall–Kier alpha value is -4.48. The molecular formula is C32H21NO. The van der Waals surface area contributed by atoms with Crippen LogP contribution in [0, 0.1) is 12.3 Å². The molecule has 7 rings (SSSR count). The molecule has 0 saturated heterocycles. The van der Waals surface area contributed by atoms with Gasteiger partial charge < -0.3 is 8.98 Å². The smallest absolute Gasteiger partial charge is 0.135 e. The Morgan fingerprint density at radius 1 is 0.706 bits per heavy atom. The third kappa shape index (κ3) is 2.65. The first kappa shape index (κ1) is 19.0. The van der Waals surface area contributed by atoms with Crippen LogP contribution in [0.2, 0.25) is 0 Å². The van der Waals surface area contributed by atoms with E-state index in [0.29, 0.717) is 0 Å². The second-order valence-electron chi connectivity index (χ2n) is 8.81. The first-order chi connectivity index (χ1) is 16.8. The highest BCUT2D eigenvalue weighted by Crippen LogP contribution is 2.42. The Labute approximate surface area is 197 Å². The lowest BCUT2D eigenvalue weighted by Crippen LogP contribution is -2.07. The van der Waals surface area contributed by atoms with Gasteiger partial charge in [0.25, 0.3) is 0 Å². The molecule has 0 radical (unpaired) electrons. The van der Waals surface area contributed by atoms with Gasteiger partial charge in [0.15, 0.2) is 0 Å². The Morgan fingerprint density at radius 3 is 2.09 bits per heavy atom. The maximum Gasteiger partial charge on any atom is 0.135 e. The fourth-order valence-electron chi connectivity index (χ4n) is 5.45. The maximum atomic E-state index is 6.11. The molecule has 1 aliphatic carbocycles. The van der Waals surface area contributed by atoms with Crippen molar-refractivity contribution in [1.82, 2.24) is 4.57 Å². The lowest BCUT2D eigenvalue weighted by atomic mass is 9.90. The molecule has 1 aliphatic rings. The number of para-hydroxylation sites is 3. The molecule has 2 heteroatoms. The normalized spacial score (nSPS) is 14.3. The van der Waals surface area contributed by atoms with Crippen LogP contribution >= 0.6 is 0 Å². The van der Waals surface area contributed by atoms with E-state index in [9.17, 15) is 0 Å². The molecule has 0 amide bonds. The van der Waals surface area contributed by atoms with Gasteiger partial charge in [0.1, 0.15) is 11.2 Å². The van der Waals surface area contributed by atoms with Crippen molar-refractivity contribution in [3.8, 4) is 12.3 Å². The molecule has 4 aromatic carbocycles. The zero-order valence-electron chi connectivity index (χ0n) is 18.6. The molecule has 2 aromatic heterocycles. The molecule has 0 aliphatic heterocycles. The average molecular weight is 436 g/mol. The molecule has 0 atom stereocenters. The molecular weight excluding hydrogens is 414 g/mol. The zero-order valence-corrected chi connectivity index (χ0v) is 18.6. The van der Waals surface area contributed by atoms with Gasteiger partial charge in [-0.1, -0.05) is 72.7 Å². The fourth-order valence-corrected chi connectivity index (χ4v) is 5.45. The summed E-state index contributed by atoms with van der Waals surface area (Å²) in [5.74, 6) is 3.03. The van der Waals surface area contributed by atoms with Gasteiger partial charge in [0.2, 0.25) is 0 Å². The average Bonchev–Trinajstić information content (AvgIpc) is 3.43. The summed E-state index contributed by atoms with van der Waals surface area (Å²) in [5.41, 5.74) is 8.65. The van der Waals surface area contributed by atoms with Crippen molar-refractivity contribution in [3.05, 3.63) is 108 Å². The highest BCUT2D eigenvalue weighted by Gasteiger charge is 2.23. The highest BCUT2D eigenvalue weighted by atomic mass is 16.3. The minimum atomic E-state index is 0.868. The number of benzene rings is 4. The summed E-state index contributed by atoms with van der Waals surface area (Å²) in [7, 11) is 0. The number of aromatic nitrogens is 1. The van der Waals surface area contributed by atoms with Crippen LogP contribution in [0.4, 0.5) is 0 Å². The van der Waals surface area contributed by atoms with Crippen LogP contribution in [0.3, 0.4) is 0 Å². The summed E-state index contributed by atoms with van der Waals surface area (Å²) in [6.45, 7) is 0. The van der Waals surface area contributed by atoms with Crippen LogP contribution in [0.15, 0.2) is 107 Å². The van der Waals surface area contributed by atoms with Crippen molar-refractivity contribution < 1.29 is 4.42 Å². The maximum absolute atomic E-state index is 6.11. The molecule has 2 heterocycles. The Morgan fingerprint density at radius 2 is 1.35 bits per heavy atom. The van der Waals surface area contributed by atoms with Crippen LogP contribution in [0.25, 0.3) is 55.0 Å². The van der Waals surface area contributed by atoms with E-state index in [0.717, 1.165) is 51.6 Å². The predicted octanol–water partition coefficient (Wildman–Crippen LogP) is 8.42. The zero-order chi connectivity index (χ0) is 22.6. The van der Waals surface area contributed by atoms with Gasteiger partial charge in [0.05, 0.1) is 16.7 Å². The van der Waals surface area contributed by atoms with Crippen molar-refractivity contribution in [3.63, 3.8) is 0 Å². The van der Waals surface area contributed by atoms with Crippen LogP contribution in [0.1, 0.15) is 18.4 Å². The van der Waals surface area contributed by atoms with Crippen molar-refractivity contribution in [1.29, 1.82) is 0 Å². The standard InChI is InChI=1S/C32H21NO/c1-2-21-10-9-14-23(22-18-19-31-27(20-22)26-13-5-8-17-30(26)34-31)32(21)33-28-15-6-3-11-24(28)25-12-4-7-16-29(25)33/h1,3-8,11-20H,9-10H2. The quantitative estimate of drug-likeness (QED) is 0.250. The van der Waals surface area contributed by atoms with Gasteiger partial charge in [-0.25, -0.2) is 0 Å². The predicted molar refractivity (Wildman–Crippen MR) is 142 cm³/mol. The second-order valence-corrected chi connectivity index (χ2v) is 8.81. The number of hydrogen-bond acceptors (Lipinski definition) is 1. The summed E-state index contributed by atoms with van der Waals surface area (Å²) in [4.78, 5) is 0. The van der Waals surface area contributed by atoms with Crippen LogP contribution in [-0.4, -0.2) is 4.57 Å². The van der Waals surface area contributed by atoms with Gasteiger partial charge >= 0.3 is 0 Å². The van der Waals surface area contributed by atoms with E-state index in [1.165, 1.54) is 27.4 Å². The summed E-state index contributed by atoms with van der Waals surface area (Å²) < 4.78 is 8.45. The molecule has 2 nitrogen and oxygen atoms in total. The first-order valence-corrected chi connectivity index (χ1v) is 11.6. The number of hydrogen-bond donors (Lipinski definition) is 0. The first-order valence-electron chi connectivity index (χ1n) is 11.6. The Bertz CT molecular complexity index is 1810. The van der Waals surface area contributed by atoms with Crippen LogP contribution in [-0.2, 0) is 0 Å². The van der Waals surface area contributed by atoms with Gasteiger partial charge in [-0.2, -0.15) is 0 Å². The number of terminal acetylenes is 1. The molecule has 0 spiro atoms. The molecule has 0 fully saturated rings. The Kier molecular flexibility index (Phi) is 4.07. The largest absolute Gasteiger partial charge is 0.456 e. The van der Waals surface area contributed by atoms with E-state index in [2.05, 4.69) is 95.4 Å². The second kappa shape index (κ2) is 7.27. The van der Waals surface area contributed by atoms with Crippen molar-refractivity contribution in [2.24, 2.45) is 0 Å². The monoisotopic (exact) mass is 435 g/mol. The minimum Gasteiger partial charge on any atom is -0.456 e. The van der Waals surface area contributed by atoms with Gasteiger partial charge in [-0.15, -0.1) is 6.42 Å². The minimum absolute atomic E-state index is 0.868. The van der Waals surface area contributed by atoms with Gasteiger partial charge in [-0.05, 0) is 48.7 Å². The van der Waals surface area contributed by atoms with Crippen molar-refractivity contribution in [2.75, 3.05) is 0 Å². The topological polar surface area (TPSA) is 18.1 Å². The molecule has 6 aromatic rings. The van der Waals surface area contributed by atoms with Gasteiger partial charge in [-0.3, -0.25) is 0 Å². The van der Waals surface area contributed by atoms with Gasteiger partial charge in [0, 0.05) is 32.7 Å². The Balaban J connectivity index is 1.53. The van der Waals surface area contributed by atoms with E-state index in [1.54, 1.807) is 0 Å². The van der Waals surface area contributed by atoms with Crippen LogP contribution in [0.5, 0.6) is 0 Å². The fraction of sp³-hybridized carbons (Fsp3) is 0.0625. The van der Waals surface area contributed by atoms with Crippen molar-refractivity contribution in [2.45, 2.75) is 12.8 Å². The molecule has 160 valence electrons. The van der Waals surface area contributed by atoms with Crippen LogP contribution < -0.4 is 0 Å². The number of nitrogens with zero attached hydrogens (tertiary/aromatic N) is 1. The third-order valence-electron chi connectivity index (χ3n) is 6.95. The van der Waals surface area contributed by atoms with E-state index < -0.39 is 0 Å². The van der Waals surface area contributed by atoms with E-state index in [4.69, 9.17) is 10.8 Å². The molecule has 0 saturated carbocycles. The number of rotatable bonds is 2. The molecule has 0 N–H and O–H groups in total. The van der Waals surface area contributed by atoms with E-state index >= 15 is 0 Å².